The predicted molar refractivity (Wildman–Crippen MR) is 66.1 cm³/mol. The summed E-state index contributed by atoms with van der Waals surface area (Å²) >= 11 is 5.76. The number of nitrogens with zero attached hydrogens (tertiary/aromatic N) is 1. The van der Waals surface area contributed by atoms with E-state index in [4.69, 9.17) is 23.1 Å². The highest BCUT2D eigenvalue weighted by Crippen LogP contribution is 2.22. The van der Waals surface area contributed by atoms with E-state index in [1.165, 1.54) is 0 Å². The smallest absolute Gasteiger partial charge is 0.172 e. The Balaban J connectivity index is 2.05. The minimum absolute atomic E-state index is 0.305. The highest BCUT2D eigenvalue weighted by atomic mass is 35.5. The van der Waals surface area contributed by atoms with Crippen LogP contribution in [0, 0.1) is 0 Å². The fourth-order valence-electron chi connectivity index (χ4n) is 1.17. The van der Waals surface area contributed by atoms with E-state index in [1.54, 1.807) is 12.1 Å². The van der Waals surface area contributed by atoms with Crippen LogP contribution in [0.1, 0.15) is 0 Å². The number of aromatic nitrogens is 2. The van der Waals surface area contributed by atoms with Crippen LogP contribution in [0.25, 0.3) is 0 Å². The number of hydrazine groups is 1. The van der Waals surface area contributed by atoms with Gasteiger partial charge in [-0.15, -0.1) is 0 Å². The predicted octanol–water partition coefficient (Wildman–Crippen LogP) is 1.67. The van der Waals surface area contributed by atoms with Crippen LogP contribution < -0.4 is 22.3 Å². The summed E-state index contributed by atoms with van der Waals surface area (Å²) in [5, 5.41) is 6.98. The van der Waals surface area contributed by atoms with Crippen LogP contribution in [0.4, 0.5) is 23.0 Å². The minimum atomic E-state index is 0.305. The number of aromatic amines is 1. The lowest BCUT2D eigenvalue weighted by Gasteiger charge is -2.08. The van der Waals surface area contributed by atoms with Crippen molar-refractivity contribution in [2.45, 2.75) is 0 Å². The van der Waals surface area contributed by atoms with E-state index in [0.29, 0.717) is 22.3 Å². The van der Waals surface area contributed by atoms with Crippen molar-refractivity contribution >= 4 is 34.6 Å². The zero-order valence-electron chi connectivity index (χ0n) is 8.29. The molecule has 0 spiro atoms. The van der Waals surface area contributed by atoms with Gasteiger partial charge >= 0.3 is 0 Å². The van der Waals surface area contributed by atoms with E-state index in [2.05, 4.69) is 21.0 Å². The molecule has 0 saturated carbocycles. The third-order valence-corrected chi connectivity index (χ3v) is 2.25. The average Bonchev–Trinajstić information content (AvgIpc) is 2.59. The number of halogens is 1. The van der Waals surface area contributed by atoms with Crippen LogP contribution in [0.15, 0.2) is 24.3 Å². The third kappa shape index (κ3) is 2.12. The number of anilines is 4. The number of hydrogen-bond donors (Lipinski definition) is 5. The summed E-state index contributed by atoms with van der Waals surface area (Å²) in [5.41, 5.74) is 18.3. The maximum atomic E-state index is 5.76. The quantitative estimate of drug-likeness (QED) is 0.523. The first-order chi connectivity index (χ1) is 7.66. The summed E-state index contributed by atoms with van der Waals surface area (Å²) in [5.74, 6) is 0.679. The van der Waals surface area contributed by atoms with Gasteiger partial charge in [0.2, 0.25) is 0 Å². The van der Waals surface area contributed by atoms with Gasteiger partial charge in [-0.25, -0.2) is 0 Å². The van der Waals surface area contributed by atoms with Gasteiger partial charge in [0.05, 0.1) is 5.69 Å². The van der Waals surface area contributed by atoms with Gasteiger partial charge < -0.3 is 16.9 Å². The molecule has 1 heterocycles. The Morgan fingerprint density at radius 1 is 1.12 bits per heavy atom. The summed E-state index contributed by atoms with van der Waals surface area (Å²) < 4.78 is 0. The molecular weight excluding hydrogens is 228 g/mol. The normalized spacial score (nSPS) is 10.1. The summed E-state index contributed by atoms with van der Waals surface area (Å²) in [6, 6.07) is 7.19. The van der Waals surface area contributed by atoms with Gasteiger partial charge in [-0.3, -0.25) is 10.5 Å². The van der Waals surface area contributed by atoms with E-state index in [9.17, 15) is 0 Å². The van der Waals surface area contributed by atoms with Gasteiger partial charge in [0.25, 0.3) is 0 Å². The van der Waals surface area contributed by atoms with E-state index in [-0.39, 0.29) is 0 Å². The van der Waals surface area contributed by atoms with Gasteiger partial charge in [-0.1, -0.05) is 11.6 Å². The molecule has 84 valence electrons. The molecule has 16 heavy (non-hydrogen) atoms. The average molecular weight is 239 g/mol. The molecule has 0 aliphatic rings. The maximum Gasteiger partial charge on any atom is 0.172 e. The minimum Gasteiger partial charge on any atom is -0.382 e. The number of nitrogens with two attached hydrogens (primary N) is 2. The van der Waals surface area contributed by atoms with Crippen LogP contribution in [0.2, 0.25) is 5.02 Å². The molecule has 0 aliphatic heterocycles. The largest absolute Gasteiger partial charge is 0.382 e. The van der Waals surface area contributed by atoms with Crippen molar-refractivity contribution in [3.63, 3.8) is 0 Å². The highest BCUT2D eigenvalue weighted by molar-refractivity contribution is 6.30. The van der Waals surface area contributed by atoms with Crippen LogP contribution in [-0.2, 0) is 0 Å². The van der Waals surface area contributed by atoms with Crippen LogP contribution in [0.5, 0.6) is 0 Å². The van der Waals surface area contributed by atoms with E-state index < -0.39 is 0 Å². The molecular formula is C9H11ClN6. The zero-order chi connectivity index (χ0) is 11.5. The van der Waals surface area contributed by atoms with Crippen molar-refractivity contribution in [3.8, 4) is 0 Å². The fourth-order valence-corrected chi connectivity index (χ4v) is 1.30. The lowest BCUT2D eigenvalue weighted by molar-refractivity contribution is 1.11. The van der Waals surface area contributed by atoms with E-state index in [1.807, 2.05) is 12.1 Å². The van der Waals surface area contributed by atoms with Crippen molar-refractivity contribution in [1.82, 2.24) is 10.2 Å². The van der Waals surface area contributed by atoms with Gasteiger partial charge in [-0.05, 0) is 24.3 Å². The number of nitrogen functional groups attached to an aromatic ring is 2. The molecule has 0 fully saturated rings. The number of nitrogens with one attached hydrogen (secondary N) is 3. The van der Waals surface area contributed by atoms with Crippen LogP contribution in [0.3, 0.4) is 0 Å². The molecule has 0 atom stereocenters. The second-order valence-corrected chi connectivity index (χ2v) is 3.59. The van der Waals surface area contributed by atoms with Crippen molar-refractivity contribution in [2.24, 2.45) is 0 Å². The molecule has 0 radical (unpaired) electrons. The summed E-state index contributed by atoms with van der Waals surface area (Å²) in [4.78, 5) is 0. The number of hydrogen-bond acceptors (Lipinski definition) is 5. The van der Waals surface area contributed by atoms with Gasteiger partial charge in [0.15, 0.2) is 5.82 Å². The summed E-state index contributed by atoms with van der Waals surface area (Å²) in [7, 11) is 0. The van der Waals surface area contributed by atoms with Gasteiger partial charge in [0.1, 0.15) is 11.5 Å². The Morgan fingerprint density at radius 3 is 2.38 bits per heavy atom. The Labute approximate surface area is 96.9 Å². The van der Waals surface area contributed by atoms with Crippen molar-refractivity contribution < 1.29 is 0 Å². The lowest BCUT2D eigenvalue weighted by atomic mass is 10.3. The van der Waals surface area contributed by atoms with E-state index >= 15 is 0 Å². The Bertz CT molecular complexity index is 458. The Morgan fingerprint density at radius 2 is 1.81 bits per heavy atom. The molecule has 0 aliphatic carbocycles. The number of H-pyrrole nitrogens is 1. The first-order valence-electron chi connectivity index (χ1n) is 4.53. The van der Waals surface area contributed by atoms with Crippen LogP contribution in [-0.4, -0.2) is 10.2 Å². The standard InChI is InChI=1S/C9H11ClN6/c10-5-1-3-6(4-2-5)13-14-7-8(11)15-16-9(7)12/h1-4,13-14H,(H5,11,12,15,16). The monoisotopic (exact) mass is 238 g/mol. The van der Waals surface area contributed by atoms with Crippen molar-refractivity contribution in [1.29, 1.82) is 0 Å². The Hall–Kier alpha value is -2.08. The number of benzene rings is 1. The van der Waals surface area contributed by atoms with Gasteiger partial charge in [-0.2, -0.15) is 5.10 Å². The summed E-state index contributed by atoms with van der Waals surface area (Å²) in [6.07, 6.45) is 0. The maximum absolute atomic E-state index is 5.76. The summed E-state index contributed by atoms with van der Waals surface area (Å²) in [6.45, 7) is 0. The zero-order valence-corrected chi connectivity index (χ0v) is 9.05. The Kier molecular flexibility index (Phi) is 2.74. The number of rotatable bonds is 3. The first kappa shape index (κ1) is 10.4. The molecule has 2 aromatic rings. The first-order valence-corrected chi connectivity index (χ1v) is 4.91. The van der Waals surface area contributed by atoms with Crippen molar-refractivity contribution in [3.05, 3.63) is 29.3 Å². The molecule has 1 aromatic heterocycles. The molecule has 1 aromatic carbocycles. The van der Waals surface area contributed by atoms with Crippen molar-refractivity contribution in [2.75, 3.05) is 22.3 Å². The molecule has 7 N–H and O–H groups in total. The second kappa shape index (κ2) is 4.19. The highest BCUT2D eigenvalue weighted by Gasteiger charge is 2.06. The molecule has 2 rings (SSSR count). The second-order valence-electron chi connectivity index (χ2n) is 3.15. The SMILES string of the molecule is Nc1n[nH]c(N)c1NNc1ccc(Cl)cc1. The molecule has 0 unspecified atom stereocenters. The van der Waals surface area contributed by atoms with Crippen LogP contribution >= 0.6 is 11.6 Å². The molecule has 7 heteroatoms. The van der Waals surface area contributed by atoms with E-state index in [0.717, 1.165) is 5.69 Å². The fraction of sp³-hybridized carbons (Fsp3) is 0. The third-order valence-electron chi connectivity index (χ3n) is 2.00. The molecule has 0 bridgehead atoms. The van der Waals surface area contributed by atoms with Gasteiger partial charge in [0, 0.05) is 5.02 Å². The molecule has 0 saturated heterocycles. The topological polar surface area (TPSA) is 105 Å². The lowest BCUT2D eigenvalue weighted by Crippen LogP contribution is -2.10. The molecule has 0 amide bonds. The molecule has 6 nitrogen and oxygen atoms in total.